The summed E-state index contributed by atoms with van der Waals surface area (Å²) in [5.41, 5.74) is 0. The SMILES string of the molecule is COCCCNCCOCC1CCCO1. The molecule has 1 saturated heterocycles. The molecule has 0 aromatic rings. The molecule has 0 aromatic carbocycles. The second-order valence-corrected chi connectivity index (χ2v) is 3.81. The molecule has 0 radical (unpaired) electrons. The summed E-state index contributed by atoms with van der Waals surface area (Å²) in [6.07, 6.45) is 3.74. The van der Waals surface area contributed by atoms with Crippen LogP contribution in [0.4, 0.5) is 0 Å². The fraction of sp³-hybridized carbons (Fsp3) is 1.00. The van der Waals surface area contributed by atoms with Gasteiger partial charge in [0.05, 0.1) is 19.3 Å². The van der Waals surface area contributed by atoms with E-state index in [1.807, 2.05) is 0 Å². The van der Waals surface area contributed by atoms with Crippen LogP contribution in [0, 0.1) is 0 Å². The molecular weight excluding hydrogens is 194 g/mol. The molecule has 1 rings (SSSR count). The number of hydrogen-bond acceptors (Lipinski definition) is 4. The predicted molar refractivity (Wildman–Crippen MR) is 59.2 cm³/mol. The zero-order chi connectivity index (χ0) is 10.8. The van der Waals surface area contributed by atoms with Crippen LogP contribution in [0.1, 0.15) is 19.3 Å². The normalized spacial score (nSPS) is 21.0. The third-order valence-electron chi connectivity index (χ3n) is 2.45. The standard InChI is InChI=1S/C11H23NO3/c1-13-7-3-5-12-6-9-14-10-11-4-2-8-15-11/h11-12H,2-10H2,1H3. The molecule has 0 spiro atoms. The number of hydrogen-bond donors (Lipinski definition) is 1. The summed E-state index contributed by atoms with van der Waals surface area (Å²) in [5.74, 6) is 0. The molecule has 1 atom stereocenters. The van der Waals surface area contributed by atoms with Crippen molar-refractivity contribution in [1.29, 1.82) is 0 Å². The maximum absolute atomic E-state index is 5.51. The second kappa shape index (κ2) is 9.09. The van der Waals surface area contributed by atoms with E-state index in [1.165, 1.54) is 6.42 Å². The quantitative estimate of drug-likeness (QED) is 0.580. The molecule has 0 saturated carbocycles. The molecule has 1 unspecified atom stereocenters. The molecule has 15 heavy (non-hydrogen) atoms. The smallest absolute Gasteiger partial charge is 0.0809 e. The van der Waals surface area contributed by atoms with E-state index in [2.05, 4.69) is 5.32 Å². The Morgan fingerprint density at radius 2 is 2.27 bits per heavy atom. The molecule has 0 aromatic heterocycles. The maximum atomic E-state index is 5.51. The average Bonchev–Trinajstić information content (AvgIpc) is 2.75. The number of ether oxygens (including phenoxy) is 3. The van der Waals surface area contributed by atoms with Crippen LogP contribution in [0.3, 0.4) is 0 Å². The van der Waals surface area contributed by atoms with E-state index >= 15 is 0 Å². The van der Waals surface area contributed by atoms with Crippen LogP contribution in [-0.2, 0) is 14.2 Å². The van der Waals surface area contributed by atoms with Crippen molar-refractivity contribution in [3.05, 3.63) is 0 Å². The lowest BCUT2D eigenvalue weighted by Gasteiger charge is -2.10. The minimum absolute atomic E-state index is 0.346. The number of rotatable bonds is 9. The Balaban J connectivity index is 1.73. The largest absolute Gasteiger partial charge is 0.385 e. The minimum atomic E-state index is 0.346. The van der Waals surface area contributed by atoms with Gasteiger partial charge in [0.1, 0.15) is 0 Å². The highest BCUT2D eigenvalue weighted by molar-refractivity contribution is 4.63. The van der Waals surface area contributed by atoms with E-state index < -0.39 is 0 Å². The Morgan fingerprint density at radius 3 is 3.00 bits per heavy atom. The average molecular weight is 217 g/mol. The van der Waals surface area contributed by atoms with Crippen molar-refractivity contribution < 1.29 is 14.2 Å². The minimum Gasteiger partial charge on any atom is -0.385 e. The lowest BCUT2D eigenvalue weighted by Crippen LogP contribution is -2.24. The van der Waals surface area contributed by atoms with Gasteiger partial charge in [-0.25, -0.2) is 0 Å². The van der Waals surface area contributed by atoms with Crippen molar-refractivity contribution in [2.75, 3.05) is 46.6 Å². The molecule has 1 fully saturated rings. The van der Waals surface area contributed by atoms with Gasteiger partial charge in [-0.2, -0.15) is 0 Å². The summed E-state index contributed by atoms with van der Waals surface area (Å²) in [6, 6.07) is 0. The molecule has 1 aliphatic rings. The van der Waals surface area contributed by atoms with Crippen molar-refractivity contribution in [2.24, 2.45) is 0 Å². The van der Waals surface area contributed by atoms with E-state index in [9.17, 15) is 0 Å². The van der Waals surface area contributed by atoms with Crippen molar-refractivity contribution in [1.82, 2.24) is 5.32 Å². The van der Waals surface area contributed by atoms with E-state index in [1.54, 1.807) is 7.11 Å². The number of methoxy groups -OCH3 is 1. The summed E-state index contributed by atoms with van der Waals surface area (Å²) in [6.45, 7) is 5.16. The van der Waals surface area contributed by atoms with Crippen molar-refractivity contribution in [3.8, 4) is 0 Å². The van der Waals surface area contributed by atoms with Gasteiger partial charge < -0.3 is 19.5 Å². The summed E-state index contributed by atoms with van der Waals surface area (Å²) < 4.78 is 15.9. The number of nitrogens with one attached hydrogen (secondary N) is 1. The molecule has 0 aliphatic carbocycles. The zero-order valence-corrected chi connectivity index (χ0v) is 9.67. The summed E-state index contributed by atoms with van der Waals surface area (Å²) in [4.78, 5) is 0. The third-order valence-corrected chi connectivity index (χ3v) is 2.45. The molecule has 4 nitrogen and oxygen atoms in total. The Kier molecular flexibility index (Phi) is 7.83. The van der Waals surface area contributed by atoms with Crippen molar-refractivity contribution in [2.45, 2.75) is 25.4 Å². The third kappa shape index (κ3) is 6.84. The first-order valence-electron chi connectivity index (χ1n) is 5.82. The fourth-order valence-corrected chi connectivity index (χ4v) is 1.60. The van der Waals surface area contributed by atoms with Gasteiger partial charge in [-0.1, -0.05) is 0 Å². The van der Waals surface area contributed by atoms with Crippen LogP contribution in [0.5, 0.6) is 0 Å². The van der Waals surface area contributed by atoms with Crippen molar-refractivity contribution >= 4 is 0 Å². The fourth-order valence-electron chi connectivity index (χ4n) is 1.60. The predicted octanol–water partition coefficient (Wildman–Crippen LogP) is 0.808. The molecule has 90 valence electrons. The Morgan fingerprint density at radius 1 is 1.33 bits per heavy atom. The lowest BCUT2D eigenvalue weighted by atomic mass is 10.2. The Labute approximate surface area is 92.3 Å². The second-order valence-electron chi connectivity index (χ2n) is 3.81. The topological polar surface area (TPSA) is 39.7 Å². The van der Waals surface area contributed by atoms with Gasteiger partial charge in [0.25, 0.3) is 0 Å². The van der Waals surface area contributed by atoms with E-state index in [0.717, 1.165) is 52.4 Å². The Bertz CT molecular complexity index is 138. The maximum Gasteiger partial charge on any atom is 0.0809 e. The van der Waals surface area contributed by atoms with E-state index in [0.29, 0.717) is 6.10 Å². The van der Waals surface area contributed by atoms with Crippen LogP contribution < -0.4 is 5.32 Å². The van der Waals surface area contributed by atoms with Crippen LogP contribution in [0.15, 0.2) is 0 Å². The highest BCUT2D eigenvalue weighted by atomic mass is 16.5. The summed E-state index contributed by atoms with van der Waals surface area (Å²) in [7, 11) is 1.73. The molecule has 4 heteroatoms. The van der Waals surface area contributed by atoms with Gasteiger partial charge in [0, 0.05) is 26.9 Å². The highest BCUT2D eigenvalue weighted by Crippen LogP contribution is 2.11. The first kappa shape index (κ1) is 12.9. The van der Waals surface area contributed by atoms with Crippen LogP contribution in [0.2, 0.25) is 0 Å². The van der Waals surface area contributed by atoms with Gasteiger partial charge in [-0.15, -0.1) is 0 Å². The molecular formula is C11H23NO3. The highest BCUT2D eigenvalue weighted by Gasteiger charge is 2.14. The lowest BCUT2D eigenvalue weighted by molar-refractivity contribution is 0.0183. The summed E-state index contributed by atoms with van der Waals surface area (Å²) in [5, 5.41) is 3.30. The van der Waals surface area contributed by atoms with Gasteiger partial charge in [0.15, 0.2) is 0 Å². The van der Waals surface area contributed by atoms with Gasteiger partial charge >= 0.3 is 0 Å². The molecule has 0 bridgehead atoms. The van der Waals surface area contributed by atoms with Crippen LogP contribution in [-0.4, -0.2) is 52.7 Å². The van der Waals surface area contributed by atoms with E-state index in [4.69, 9.17) is 14.2 Å². The van der Waals surface area contributed by atoms with E-state index in [-0.39, 0.29) is 0 Å². The Hall–Kier alpha value is -0.160. The van der Waals surface area contributed by atoms with Gasteiger partial charge in [-0.05, 0) is 25.8 Å². The van der Waals surface area contributed by atoms with Gasteiger partial charge in [0.2, 0.25) is 0 Å². The van der Waals surface area contributed by atoms with Crippen molar-refractivity contribution in [3.63, 3.8) is 0 Å². The summed E-state index contributed by atoms with van der Waals surface area (Å²) >= 11 is 0. The van der Waals surface area contributed by atoms with Crippen LogP contribution >= 0.6 is 0 Å². The van der Waals surface area contributed by atoms with Crippen LogP contribution in [0.25, 0.3) is 0 Å². The molecule has 1 aliphatic heterocycles. The zero-order valence-electron chi connectivity index (χ0n) is 9.67. The molecule has 1 heterocycles. The first-order valence-corrected chi connectivity index (χ1v) is 5.82. The molecule has 1 N–H and O–H groups in total. The molecule has 0 amide bonds. The first-order chi connectivity index (χ1) is 7.43. The van der Waals surface area contributed by atoms with Gasteiger partial charge in [-0.3, -0.25) is 0 Å². The monoisotopic (exact) mass is 217 g/mol.